The summed E-state index contributed by atoms with van der Waals surface area (Å²) in [5.74, 6) is -0.703. The van der Waals surface area contributed by atoms with Crippen molar-refractivity contribution in [1.82, 2.24) is 0 Å². The van der Waals surface area contributed by atoms with E-state index in [0.29, 0.717) is 12.5 Å². The molecule has 1 aromatic carbocycles. The number of benzene rings is 1. The number of aryl methyl sites for hydroxylation is 1. The van der Waals surface area contributed by atoms with Crippen LogP contribution in [0.4, 0.5) is 0 Å². The summed E-state index contributed by atoms with van der Waals surface area (Å²) < 4.78 is 17.8. The third-order valence-corrected chi connectivity index (χ3v) is 5.55. The number of carbonyl (C=O) groups excluding carboxylic acids is 1. The van der Waals surface area contributed by atoms with Crippen LogP contribution in [0.25, 0.3) is 0 Å². The van der Waals surface area contributed by atoms with Crippen LogP contribution in [0.5, 0.6) is 0 Å². The van der Waals surface area contributed by atoms with E-state index in [4.69, 9.17) is 14.2 Å². The largest absolute Gasteiger partial charge is 0.433 e. The Morgan fingerprint density at radius 3 is 2.78 bits per heavy atom. The van der Waals surface area contributed by atoms with Crippen molar-refractivity contribution < 1.29 is 19.0 Å². The van der Waals surface area contributed by atoms with E-state index in [2.05, 4.69) is 24.3 Å². The van der Waals surface area contributed by atoms with Gasteiger partial charge in [0.25, 0.3) is 0 Å². The second kappa shape index (κ2) is 5.32. The molecular formula is C19H24O4. The van der Waals surface area contributed by atoms with E-state index >= 15 is 0 Å². The lowest BCUT2D eigenvalue weighted by Crippen LogP contribution is -2.71. The molecule has 3 fully saturated rings. The smallest absolute Gasteiger partial charge is 0.314 e. The van der Waals surface area contributed by atoms with E-state index < -0.39 is 5.79 Å². The minimum absolute atomic E-state index is 0.0961. The quantitative estimate of drug-likeness (QED) is 0.804. The molecule has 0 amide bonds. The highest BCUT2D eigenvalue weighted by Crippen LogP contribution is 2.57. The van der Waals surface area contributed by atoms with E-state index in [0.717, 1.165) is 25.7 Å². The third-order valence-electron chi connectivity index (χ3n) is 5.55. The fourth-order valence-electron chi connectivity index (χ4n) is 4.43. The molecule has 0 N–H and O–H groups in total. The first-order valence-electron chi connectivity index (χ1n) is 8.57. The van der Waals surface area contributed by atoms with Gasteiger partial charge in [0, 0.05) is 26.2 Å². The topological polar surface area (TPSA) is 44.8 Å². The van der Waals surface area contributed by atoms with Crippen molar-refractivity contribution in [2.45, 2.75) is 57.0 Å². The maximum absolute atomic E-state index is 12.3. The number of hydrogen-bond donors (Lipinski definition) is 0. The third kappa shape index (κ3) is 2.58. The van der Waals surface area contributed by atoms with Crippen molar-refractivity contribution >= 4 is 5.97 Å². The summed E-state index contributed by atoms with van der Waals surface area (Å²) >= 11 is 0. The molecule has 1 aromatic rings. The van der Waals surface area contributed by atoms with Gasteiger partial charge in [-0.15, -0.1) is 0 Å². The molecule has 4 rings (SSSR count). The molecule has 4 atom stereocenters. The summed E-state index contributed by atoms with van der Waals surface area (Å²) in [6, 6.07) is 10.5. The minimum Gasteiger partial charge on any atom is -0.433 e. The Kier molecular flexibility index (Phi) is 3.50. The number of hydrogen-bond acceptors (Lipinski definition) is 4. The van der Waals surface area contributed by atoms with Crippen molar-refractivity contribution in [2.24, 2.45) is 11.8 Å². The van der Waals surface area contributed by atoms with Gasteiger partial charge in [-0.1, -0.05) is 30.3 Å². The highest BCUT2D eigenvalue weighted by molar-refractivity contribution is 5.76. The van der Waals surface area contributed by atoms with E-state index in [1.165, 1.54) is 5.56 Å². The zero-order chi connectivity index (χ0) is 16.1. The van der Waals surface area contributed by atoms with Crippen LogP contribution in [-0.2, 0) is 25.4 Å². The molecule has 0 aromatic heterocycles. The van der Waals surface area contributed by atoms with Gasteiger partial charge in [0.1, 0.15) is 0 Å². The summed E-state index contributed by atoms with van der Waals surface area (Å²) in [5.41, 5.74) is 0.962. The van der Waals surface area contributed by atoms with Crippen LogP contribution in [-0.4, -0.2) is 30.1 Å². The second-order valence-electron chi connectivity index (χ2n) is 7.55. The molecule has 4 nitrogen and oxygen atoms in total. The predicted molar refractivity (Wildman–Crippen MR) is 84.7 cm³/mol. The Morgan fingerprint density at radius 1 is 1.22 bits per heavy atom. The van der Waals surface area contributed by atoms with Gasteiger partial charge in [-0.05, 0) is 24.8 Å². The molecule has 4 heteroatoms. The van der Waals surface area contributed by atoms with E-state index in [1.807, 2.05) is 19.9 Å². The predicted octanol–water partition coefficient (Wildman–Crippen LogP) is 3.09. The van der Waals surface area contributed by atoms with Gasteiger partial charge in [0.05, 0.1) is 24.2 Å². The Hall–Kier alpha value is -1.39. The lowest BCUT2D eigenvalue weighted by Gasteiger charge is -2.62. The molecule has 124 valence electrons. The Bertz CT molecular complexity index is 597. The first-order valence-corrected chi connectivity index (χ1v) is 8.57. The van der Waals surface area contributed by atoms with Crippen LogP contribution < -0.4 is 0 Å². The van der Waals surface area contributed by atoms with Crippen LogP contribution in [0.15, 0.2) is 30.3 Å². The lowest BCUT2D eigenvalue weighted by molar-refractivity contribution is -0.369. The van der Waals surface area contributed by atoms with Crippen molar-refractivity contribution in [2.75, 3.05) is 6.61 Å². The molecule has 23 heavy (non-hydrogen) atoms. The first-order chi connectivity index (χ1) is 11.0. The fraction of sp³-hybridized carbons (Fsp3) is 0.632. The average Bonchev–Trinajstić information content (AvgIpc) is 2.48. The van der Waals surface area contributed by atoms with Crippen LogP contribution in [0.1, 0.15) is 38.7 Å². The lowest BCUT2D eigenvalue weighted by atomic mass is 9.57. The SMILES string of the molecule is CC1(C)OC(=O)[C@H]2C[C@@H]3CO[C@H](CCc4ccccc4)C[C@@]32O1. The first kappa shape index (κ1) is 15.2. The van der Waals surface area contributed by atoms with Crippen LogP contribution in [0.2, 0.25) is 0 Å². The summed E-state index contributed by atoms with van der Waals surface area (Å²) in [6.07, 6.45) is 3.74. The van der Waals surface area contributed by atoms with Gasteiger partial charge in [0.2, 0.25) is 5.79 Å². The van der Waals surface area contributed by atoms with Gasteiger partial charge < -0.3 is 14.2 Å². The average molecular weight is 316 g/mol. The van der Waals surface area contributed by atoms with Gasteiger partial charge in [-0.25, -0.2) is 0 Å². The molecular weight excluding hydrogens is 292 g/mol. The van der Waals surface area contributed by atoms with Crippen molar-refractivity contribution in [3.05, 3.63) is 35.9 Å². The molecule has 1 aliphatic carbocycles. The zero-order valence-electron chi connectivity index (χ0n) is 13.8. The molecule has 0 bridgehead atoms. The van der Waals surface area contributed by atoms with Gasteiger partial charge in [-0.3, -0.25) is 4.79 Å². The zero-order valence-corrected chi connectivity index (χ0v) is 13.8. The standard InChI is InChI=1S/C19H24O4/c1-18(2)22-17(20)16-10-14-12-21-15(11-19(14,16)23-18)9-8-13-6-4-3-5-7-13/h3-7,14-16H,8-12H2,1-2H3/t14-,15-,16-,19-/m1/s1. The van der Waals surface area contributed by atoms with E-state index in [-0.39, 0.29) is 23.6 Å². The van der Waals surface area contributed by atoms with Crippen molar-refractivity contribution in [3.8, 4) is 0 Å². The number of rotatable bonds is 3. The van der Waals surface area contributed by atoms with Crippen LogP contribution >= 0.6 is 0 Å². The normalized spacial score (nSPS) is 38.0. The van der Waals surface area contributed by atoms with Gasteiger partial charge in [-0.2, -0.15) is 0 Å². The fourth-order valence-corrected chi connectivity index (χ4v) is 4.43. The number of ether oxygens (including phenoxy) is 3. The Labute approximate surface area is 137 Å². The van der Waals surface area contributed by atoms with Gasteiger partial charge in [0.15, 0.2) is 0 Å². The highest BCUT2D eigenvalue weighted by atomic mass is 16.7. The molecule has 1 spiro atoms. The molecule has 0 radical (unpaired) electrons. The molecule has 2 heterocycles. The molecule has 0 unspecified atom stereocenters. The summed E-state index contributed by atoms with van der Waals surface area (Å²) in [7, 11) is 0. The number of esters is 1. The molecule has 2 saturated heterocycles. The Morgan fingerprint density at radius 2 is 2.00 bits per heavy atom. The minimum atomic E-state index is -0.826. The maximum atomic E-state index is 12.3. The Balaban J connectivity index is 1.46. The van der Waals surface area contributed by atoms with Crippen molar-refractivity contribution in [3.63, 3.8) is 0 Å². The summed E-state index contributed by atoms with van der Waals surface area (Å²) in [5, 5.41) is 0. The number of cyclic esters (lactones) is 1. The van der Waals surface area contributed by atoms with Crippen molar-refractivity contribution in [1.29, 1.82) is 0 Å². The highest BCUT2D eigenvalue weighted by Gasteiger charge is 2.67. The van der Waals surface area contributed by atoms with Crippen LogP contribution in [0, 0.1) is 11.8 Å². The maximum Gasteiger partial charge on any atom is 0.314 e. The molecule has 1 saturated carbocycles. The molecule has 3 aliphatic rings. The van der Waals surface area contributed by atoms with E-state index in [9.17, 15) is 4.79 Å². The summed E-state index contributed by atoms with van der Waals surface area (Å²) in [6.45, 7) is 4.36. The summed E-state index contributed by atoms with van der Waals surface area (Å²) in [4.78, 5) is 12.3. The van der Waals surface area contributed by atoms with E-state index in [1.54, 1.807) is 0 Å². The second-order valence-corrected chi connectivity index (χ2v) is 7.55. The molecule has 2 aliphatic heterocycles. The van der Waals surface area contributed by atoms with Crippen LogP contribution in [0.3, 0.4) is 0 Å². The van der Waals surface area contributed by atoms with Gasteiger partial charge >= 0.3 is 5.97 Å². The monoisotopic (exact) mass is 316 g/mol. The number of carbonyl (C=O) groups is 1.